The van der Waals surface area contributed by atoms with Crippen molar-refractivity contribution >= 4 is 12.1 Å². The Kier molecular flexibility index (Phi) is 7.41. The van der Waals surface area contributed by atoms with Crippen LogP contribution in [-0.4, -0.2) is 61.4 Å². The number of likely N-dealkylation sites (tertiary alicyclic amines) is 1. The smallest absolute Gasteiger partial charge is 0.407 e. The summed E-state index contributed by atoms with van der Waals surface area (Å²) in [6, 6.07) is 0.0416. The average Bonchev–Trinajstić information content (AvgIpc) is 2.84. The van der Waals surface area contributed by atoms with Crippen molar-refractivity contribution in [2.45, 2.75) is 52.2 Å². The van der Waals surface area contributed by atoms with E-state index in [4.69, 9.17) is 4.74 Å². The molecule has 22 heavy (non-hydrogen) atoms. The molecule has 7 heteroatoms. The van der Waals surface area contributed by atoms with Crippen molar-refractivity contribution in [1.82, 2.24) is 15.5 Å². The molecule has 0 unspecified atom stereocenters. The molecular weight excluding hydrogens is 287 g/mol. The number of hydrogen-bond donors (Lipinski definition) is 2. The first-order valence-electron chi connectivity index (χ1n) is 7.94. The Labute approximate surface area is 132 Å². The number of alkyl halides is 1. The molecule has 0 radical (unpaired) electrons. The lowest BCUT2D eigenvalue weighted by Crippen LogP contribution is -2.44. The van der Waals surface area contributed by atoms with E-state index in [1.165, 1.54) is 0 Å². The Morgan fingerprint density at radius 1 is 1.45 bits per heavy atom. The number of nitrogens with zero attached hydrogens (tertiary/aromatic N) is 2. The van der Waals surface area contributed by atoms with Gasteiger partial charge in [0.15, 0.2) is 5.96 Å². The summed E-state index contributed by atoms with van der Waals surface area (Å²) in [5.74, 6) is 0.782. The maximum Gasteiger partial charge on any atom is 0.407 e. The van der Waals surface area contributed by atoms with Crippen LogP contribution in [0, 0.1) is 0 Å². The summed E-state index contributed by atoms with van der Waals surface area (Å²) in [5, 5.41) is 6.09. The zero-order chi connectivity index (χ0) is 16.6. The lowest BCUT2D eigenvalue weighted by atomic mass is 10.2. The quantitative estimate of drug-likeness (QED) is 0.462. The summed E-state index contributed by atoms with van der Waals surface area (Å²) in [7, 11) is 0. The Hall–Kier alpha value is -1.53. The molecule has 1 aliphatic heterocycles. The number of hydrogen-bond acceptors (Lipinski definition) is 3. The maximum atomic E-state index is 12.2. The van der Waals surface area contributed by atoms with E-state index in [9.17, 15) is 9.18 Å². The molecule has 0 saturated carbocycles. The third-order valence-corrected chi connectivity index (χ3v) is 3.10. The first-order chi connectivity index (χ1) is 10.4. The highest BCUT2D eigenvalue weighted by atomic mass is 19.1. The van der Waals surface area contributed by atoms with Crippen LogP contribution in [0.15, 0.2) is 4.99 Å². The number of carbonyl (C=O) groups excluding carboxylic acids is 1. The van der Waals surface area contributed by atoms with E-state index in [1.54, 1.807) is 0 Å². The second-order valence-electron chi connectivity index (χ2n) is 6.36. The summed E-state index contributed by atoms with van der Waals surface area (Å²) < 4.78 is 17.4. The predicted molar refractivity (Wildman–Crippen MR) is 85.9 cm³/mol. The van der Waals surface area contributed by atoms with Crippen LogP contribution in [0.5, 0.6) is 0 Å². The minimum Gasteiger partial charge on any atom is -0.444 e. The third kappa shape index (κ3) is 6.95. The van der Waals surface area contributed by atoms with Crippen LogP contribution in [0.1, 0.15) is 40.5 Å². The molecule has 1 fully saturated rings. The summed E-state index contributed by atoms with van der Waals surface area (Å²) in [6.07, 6.45) is 0.883. The van der Waals surface area contributed by atoms with E-state index in [1.807, 2.05) is 27.7 Å². The van der Waals surface area contributed by atoms with E-state index >= 15 is 0 Å². The molecule has 0 aliphatic carbocycles. The molecule has 128 valence electrons. The van der Waals surface area contributed by atoms with Crippen molar-refractivity contribution < 1.29 is 13.9 Å². The fraction of sp³-hybridized carbons (Fsp3) is 0.867. The largest absolute Gasteiger partial charge is 0.444 e. The molecule has 1 atom stereocenters. The van der Waals surface area contributed by atoms with E-state index in [2.05, 4.69) is 20.5 Å². The number of alkyl carbamates (subject to hydrolysis) is 1. The highest BCUT2D eigenvalue weighted by molar-refractivity contribution is 5.80. The van der Waals surface area contributed by atoms with Gasteiger partial charge >= 0.3 is 6.09 Å². The lowest BCUT2D eigenvalue weighted by molar-refractivity contribution is 0.0507. The Morgan fingerprint density at radius 3 is 2.77 bits per heavy atom. The number of aliphatic imine (C=N–C) groups is 1. The molecule has 1 amide bonds. The average molecular weight is 316 g/mol. The minimum absolute atomic E-state index is 0.0416. The van der Waals surface area contributed by atoms with Gasteiger partial charge in [0.05, 0.1) is 12.7 Å². The molecule has 0 aromatic heterocycles. The zero-order valence-corrected chi connectivity index (χ0v) is 14.1. The topological polar surface area (TPSA) is 66.0 Å². The van der Waals surface area contributed by atoms with Crippen LogP contribution in [-0.2, 0) is 4.74 Å². The Bertz CT molecular complexity index is 382. The minimum atomic E-state index is -0.495. The van der Waals surface area contributed by atoms with Gasteiger partial charge in [-0.25, -0.2) is 4.79 Å². The van der Waals surface area contributed by atoms with Gasteiger partial charge in [-0.05, 0) is 40.5 Å². The summed E-state index contributed by atoms with van der Waals surface area (Å²) in [5.41, 5.74) is -0.495. The fourth-order valence-electron chi connectivity index (χ4n) is 2.22. The maximum absolute atomic E-state index is 12.2. The van der Waals surface area contributed by atoms with Gasteiger partial charge in [0.25, 0.3) is 0 Å². The van der Waals surface area contributed by atoms with Crippen molar-refractivity contribution in [1.29, 1.82) is 0 Å². The number of nitrogens with one attached hydrogen (secondary N) is 2. The summed E-state index contributed by atoms with van der Waals surface area (Å²) >= 11 is 0. The highest BCUT2D eigenvalue weighted by Crippen LogP contribution is 2.12. The van der Waals surface area contributed by atoms with Crippen molar-refractivity contribution in [2.24, 2.45) is 4.99 Å². The van der Waals surface area contributed by atoms with Gasteiger partial charge in [0.1, 0.15) is 5.60 Å². The Morgan fingerprint density at radius 2 is 2.18 bits per heavy atom. The number of amides is 1. The standard InChI is InChI=1S/C15H29FN4O2/c1-5-17-13(18-9-6-8-16)20-10-7-12(11-20)19-14(21)22-15(2,3)4/h12H,5-11H2,1-4H3,(H,17,18)(H,19,21)/t12-/m1/s1. The van der Waals surface area contributed by atoms with Crippen LogP contribution in [0.2, 0.25) is 0 Å². The second kappa shape index (κ2) is 8.80. The number of carbonyl (C=O) groups is 1. The second-order valence-corrected chi connectivity index (χ2v) is 6.36. The van der Waals surface area contributed by atoms with Gasteiger partial charge in [-0.2, -0.15) is 0 Å². The molecule has 1 saturated heterocycles. The van der Waals surface area contributed by atoms with Crippen molar-refractivity contribution in [2.75, 3.05) is 32.9 Å². The normalized spacial score (nSPS) is 19.2. The molecule has 0 bridgehead atoms. The van der Waals surface area contributed by atoms with Crippen LogP contribution < -0.4 is 10.6 Å². The molecule has 0 aromatic carbocycles. The third-order valence-electron chi connectivity index (χ3n) is 3.10. The van der Waals surface area contributed by atoms with Crippen LogP contribution in [0.4, 0.5) is 9.18 Å². The van der Waals surface area contributed by atoms with Gasteiger partial charge in [-0.1, -0.05) is 0 Å². The monoisotopic (exact) mass is 316 g/mol. The van der Waals surface area contributed by atoms with E-state index in [0.717, 1.165) is 25.5 Å². The molecule has 0 aromatic rings. The van der Waals surface area contributed by atoms with Crippen LogP contribution in [0.25, 0.3) is 0 Å². The van der Waals surface area contributed by atoms with E-state index < -0.39 is 11.7 Å². The summed E-state index contributed by atoms with van der Waals surface area (Å²) in [6.45, 7) is 9.89. The van der Waals surface area contributed by atoms with Crippen LogP contribution >= 0.6 is 0 Å². The van der Waals surface area contributed by atoms with E-state index in [0.29, 0.717) is 19.5 Å². The molecule has 1 heterocycles. The zero-order valence-electron chi connectivity index (χ0n) is 14.1. The molecule has 6 nitrogen and oxygen atoms in total. The fourth-order valence-corrected chi connectivity index (χ4v) is 2.22. The first kappa shape index (κ1) is 18.5. The van der Waals surface area contributed by atoms with Crippen molar-refractivity contribution in [3.63, 3.8) is 0 Å². The van der Waals surface area contributed by atoms with Crippen molar-refractivity contribution in [3.05, 3.63) is 0 Å². The van der Waals surface area contributed by atoms with Gasteiger partial charge in [0, 0.05) is 26.2 Å². The first-order valence-corrected chi connectivity index (χ1v) is 7.94. The molecule has 0 spiro atoms. The highest BCUT2D eigenvalue weighted by Gasteiger charge is 2.27. The molecule has 1 aliphatic rings. The Balaban J connectivity index is 2.48. The van der Waals surface area contributed by atoms with Gasteiger partial charge in [0.2, 0.25) is 0 Å². The SMILES string of the molecule is CCNC(=NCCCF)N1CC[C@@H](NC(=O)OC(C)(C)C)C1. The number of halogens is 1. The number of rotatable bonds is 5. The lowest BCUT2D eigenvalue weighted by Gasteiger charge is -2.23. The molecule has 1 rings (SSSR count). The van der Waals surface area contributed by atoms with Crippen molar-refractivity contribution in [3.8, 4) is 0 Å². The molecule has 2 N–H and O–H groups in total. The van der Waals surface area contributed by atoms with Gasteiger partial charge in [-0.3, -0.25) is 9.38 Å². The molecular formula is C15H29FN4O2. The summed E-state index contributed by atoms with van der Waals surface area (Å²) in [4.78, 5) is 18.3. The van der Waals surface area contributed by atoms with Gasteiger partial charge in [-0.15, -0.1) is 0 Å². The van der Waals surface area contributed by atoms with Crippen LogP contribution in [0.3, 0.4) is 0 Å². The van der Waals surface area contributed by atoms with Gasteiger partial charge < -0.3 is 20.3 Å². The number of guanidine groups is 1. The number of ether oxygens (including phenoxy) is 1. The predicted octanol–water partition coefficient (Wildman–Crippen LogP) is 1.91. The van der Waals surface area contributed by atoms with E-state index in [-0.39, 0.29) is 12.7 Å².